The predicted molar refractivity (Wildman–Crippen MR) is 323 cm³/mol. The highest BCUT2D eigenvalue weighted by Crippen LogP contribution is 2.23. The van der Waals surface area contributed by atoms with Crippen LogP contribution >= 0.6 is 0 Å². The van der Waals surface area contributed by atoms with Gasteiger partial charge in [0.1, 0.15) is 24.4 Å². The molecule has 1 amide bonds. The molecule has 0 saturated carbocycles. The summed E-state index contributed by atoms with van der Waals surface area (Å²) in [4.78, 5) is 13.0. The fourth-order valence-corrected chi connectivity index (χ4v) is 10.7. The third-order valence-electron chi connectivity index (χ3n) is 15.9. The van der Waals surface area contributed by atoms with Crippen LogP contribution in [0.5, 0.6) is 0 Å². The Morgan fingerprint density at radius 1 is 0.434 bits per heavy atom. The molecule has 0 radical (unpaired) electrons. The third-order valence-corrected chi connectivity index (χ3v) is 15.9. The van der Waals surface area contributed by atoms with Crippen LogP contribution in [0.4, 0.5) is 0 Å². The number of hydrogen-bond donors (Lipinski definition) is 6. The average molecular weight is 1070 g/mol. The molecule has 0 aromatic heterocycles. The van der Waals surface area contributed by atoms with E-state index in [9.17, 15) is 30.3 Å². The lowest BCUT2D eigenvalue weighted by molar-refractivity contribution is -0.302. The lowest BCUT2D eigenvalue weighted by Crippen LogP contribution is -2.60. The van der Waals surface area contributed by atoms with Crippen LogP contribution in [-0.4, -0.2) is 87.5 Å². The van der Waals surface area contributed by atoms with Crippen LogP contribution in [0.1, 0.15) is 328 Å². The van der Waals surface area contributed by atoms with Gasteiger partial charge in [-0.25, -0.2) is 0 Å². The van der Waals surface area contributed by atoms with Gasteiger partial charge in [-0.1, -0.05) is 314 Å². The second-order valence-electron chi connectivity index (χ2n) is 23.3. The number of ether oxygens (including phenoxy) is 2. The first-order valence-corrected chi connectivity index (χ1v) is 33.2. The van der Waals surface area contributed by atoms with Gasteiger partial charge in [0.25, 0.3) is 0 Å². The maximum absolute atomic E-state index is 13.0. The predicted octanol–water partition coefficient (Wildman–Crippen LogP) is 17.5. The lowest BCUT2D eigenvalue weighted by atomic mass is 9.99. The summed E-state index contributed by atoms with van der Waals surface area (Å²) in [7, 11) is 0. The van der Waals surface area contributed by atoms with Crippen molar-refractivity contribution in [1.29, 1.82) is 0 Å². The van der Waals surface area contributed by atoms with Crippen LogP contribution in [0.3, 0.4) is 0 Å². The van der Waals surface area contributed by atoms with Crippen LogP contribution in [0, 0.1) is 0 Å². The van der Waals surface area contributed by atoms with Crippen molar-refractivity contribution in [3.05, 3.63) is 36.5 Å². The number of allylic oxidation sites excluding steroid dienone is 5. The molecule has 1 fully saturated rings. The quantitative estimate of drug-likeness (QED) is 0.0261. The molecule has 1 saturated heterocycles. The Balaban J connectivity index is 2.01. The molecular weight excluding hydrogens is 947 g/mol. The van der Waals surface area contributed by atoms with Gasteiger partial charge >= 0.3 is 0 Å². The van der Waals surface area contributed by atoms with E-state index in [0.717, 1.165) is 51.4 Å². The first-order valence-electron chi connectivity index (χ1n) is 33.2. The normalized spacial score (nSPS) is 19.0. The minimum Gasteiger partial charge on any atom is -0.394 e. The van der Waals surface area contributed by atoms with Crippen molar-refractivity contribution in [1.82, 2.24) is 5.32 Å². The summed E-state index contributed by atoms with van der Waals surface area (Å²) in [6.07, 6.45) is 68.6. The van der Waals surface area contributed by atoms with Crippen molar-refractivity contribution in [3.8, 4) is 0 Å². The molecule has 6 N–H and O–H groups in total. The van der Waals surface area contributed by atoms with Gasteiger partial charge in [-0.05, 0) is 44.9 Å². The van der Waals surface area contributed by atoms with Gasteiger partial charge in [0.05, 0.1) is 25.4 Å². The zero-order chi connectivity index (χ0) is 55.0. The fraction of sp³-hybridized carbons (Fsp3) is 0.896. The Kier molecular flexibility index (Phi) is 54.0. The van der Waals surface area contributed by atoms with Crippen LogP contribution in [0.25, 0.3) is 0 Å². The molecule has 7 unspecified atom stereocenters. The number of aliphatic hydroxyl groups excluding tert-OH is 5. The van der Waals surface area contributed by atoms with Crippen molar-refractivity contribution in [2.75, 3.05) is 13.2 Å². The van der Waals surface area contributed by atoms with Gasteiger partial charge in [0.2, 0.25) is 5.91 Å². The smallest absolute Gasteiger partial charge is 0.220 e. The van der Waals surface area contributed by atoms with Gasteiger partial charge in [-0.3, -0.25) is 4.79 Å². The molecule has 1 rings (SSSR count). The van der Waals surface area contributed by atoms with E-state index in [2.05, 4.69) is 43.5 Å². The molecule has 9 heteroatoms. The number of amides is 1. The van der Waals surface area contributed by atoms with Gasteiger partial charge in [-0.2, -0.15) is 0 Å². The van der Waals surface area contributed by atoms with Crippen LogP contribution in [0.15, 0.2) is 36.5 Å². The van der Waals surface area contributed by atoms with E-state index in [-0.39, 0.29) is 12.5 Å². The van der Waals surface area contributed by atoms with Crippen LogP contribution in [-0.2, 0) is 14.3 Å². The number of rotatable bonds is 58. The van der Waals surface area contributed by atoms with E-state index in [1.807, 2.05) is 6.08 Å². The van der Waals surface area contributed by atoms with Gasteiger partial charge in [-0.15, -0.1) is 0 Å². The summed E-state index contributed by atoms with van der Waals surface area (Å²) in [6.45, 7) is 3.75. The maximum atomic E-state index is 13.0. The Morgan fingerprint density at radius 3 is 1.11 bits per heavy atom. The number of nitrogens with one attached hydrogen (secondary N) is 1. The van der Waals surface area contributed by atoms with Crippen molar-refractivity contribution in [3.63, 3.8) is 0 Å². The number of aliphatic hydroxyl groups is 5. The highest BCUT2D eigenvalue weighted by molar-refractivity contribution is 5.76. The van der Waals surface area contributed by atoms with E-state index < -0.39 is 49.5 Å². The van der Waals surface area contributed by atoms with Crippen molar-refractivity contribution < 1.29 is 39.8 Å². The van der Waals surface area contributed by atoms with E-state index in [4.69, 9.17) is 9.47 Å². The number of unbranched alkanes of at least 4 members (excludes halogenated alkanes) is 44. The number of carbonyl (C=O) groups excluding carboxylic acids is 1. The Morgan fingerprint density at radius 2 is 0.750 bits per heavy atom. The standard InChI is InChI=1S/C67H127NO8/c1-3-5-7-9-11-13-15-17-18-19-20-21-22-23-24-25-26-27-28-29-30-31-32-33-34-35-36-37-38-39-40-41-42-43-45-47-49-51-53-55-57-63(71)68-60(59-75-67-66(74)65(73)64(72)62(58-69)76-67)61(70)56-54-52-50-48-46-44-16-14-12-10-8-6-4-2/h12,14,46,48,54,56,60-62,64-67,69-70,72-74H,3-11,13,15-45,47,49-53,55,57-59H2,1-2H3,(H,68,71)/b14-12+,48-46+,56-54+. The molecule has 0 aliphatic carbocycles. The van der Waals surface area contributed by atoms with Crippen LogP contribution in [0.2, 0.25) is 0 Å². The van der Waals surface area contributed by atoms with Crippen molar-refractivity contribution in [2.24, 2.45) is 0 Å². The molecule has 76 heavy (non-hydrogen) atoms. The van der Waals surface area contributed by atoms with Gasteiger partial charge < -0.3 is 40.3 Å². The highest BCUT2D eigenvalue weighted by Gasteiger charge is 2.44. The van der Waals surface area contributed by atoms with Crippen molar-refractivity contribution >= 4 is 5.91 Å². The second kappa shape index (κ2) is 56.7. The maximum Gasteiger partial charge on any atom is 0.220 e. The Bertz CT molecular complexity index is 1290. The minimum atomic E-state index is -1.57. The summed E-state index contributed by atoms with van der Waals surface area (Å²) in [5.41, 5.74) is 0. The fourth-order valence-electron chi connectivity index (χ4n) is 10.7. The van der Waals surface area contributed by atoms with Crippen LogP contribution < -0.4 is 5.32 Å². The SMILES string of the molecule is CCCCC/C=C/CC/C=C/CC/C=C/C(O)C(COC1OC(CO)C(O)C(O)C1O)NC(=O)CCCCCCCCCCCCCCCCCCCCCCCCCCCCCCCCCCCCCCCCCC. The summed E-state index contributed by atoms with van der Waals surface area (Å²) < 4.78 is 11.2. The molecule has 0 aromatic carbocycles. The summed E-state index contributed by atoms with van der Waals surface area (Å²) in [5, 5.41) is 54.4. The zero-order valence-corrected chi connectivity index (χ0v) is 50.0. The topological polar surface area (TPSA) is 149 Å². The number of carbonyl (C=O) groups is 1. The first kappa shape index (κ1) is 72.4. The Hall–Kier alpha value is -1.59. The molecule has 448 valence electrons. The van der Waals surface area contributed by atoms with Gasteiger partial charge in [0, 0.05) is 6.42 Å². The van der Waals surface area contributed by atoms with Crippen molar-refractivity contribution in [2.45, 2.75) is 371 Å². The third kappa shape index (κ3) is 45.2. The summed E-state index contributed by atoms with van der Waals surface area (Å²) >= 11 is 0. The highest BCUT2D eigenvalue weighted by atomic mass is 16.7. The molecule has 1 heterocycles. The average Bonchev–Trinajstić information content (AvgIpc) is 3.42. The zero-order valence-electron chi connectivity index (χ0n) is 50.0. The van der Waals surface area contributed by atoms with E-state index >= 15 is 0 Å². The molecule has 7 atom stereocenters. The monoisotopic (exact) mass is 1070 g/mol. The largest absolute Gasteiger partial charge is 0.394 e. The number of hydrogen-bond acceptors (Lipinski definition) is 8. The first-order chi connectivity index (χ1) is 37.3. The summed E-state index contributed by atoms with van der Waals surface area (Å²) in [5.74, 6) is -0.186. The minimum absolute atomic E-state index is 0.186. The molecular formula is C67H127NO8. The molecule has 0 aromatic rings. The molecule has 1 aliphatic heterocycles. The molecule has 0 spiro atoms. The van der Waals surface area contributed by atoms with E-state index in [1.54, 1.807) is 6.08 Å². The van der Waals surface area contributed by atoms with E-state index in [1.165, 1.54) is 257 Å². The summed E-state index contributed by atoms with van der Waals surface area (Å²) in [6, 6.07) is -0.826. The van der Waals surface area contributed by atoms with E-state index in [0.29, 0.717) is 6.42 Å². The lowest BCUT2D eigenvalue weighted by Gasteiger charge is -2.40. The molecule has 1 aliphatic rings. The molecule has 9 nitrogen and oxygen atoms in total. The van der Waals surface area contributed by atoms with Gasteiger partial charge in [0.15, 0.2) is 6.29 Å². The second-order valence-corrected chi connectivity index (χ2v) is 23.3. The Labute approximate surface area is 470 Å². The molecule has 0 bridgehead atoms.